The first kappa shape index (κ1) is 17.4. The zero-order valence-electron chi connectivity index (χ0n) is 13.5. The van der Waals surface area contributed by atoms with Crippen molar-refractivity contribution >= 4 is 5.91 Å². The molecule has 0 heterocycles. The quantitative estimate of drug-likeness (QED) is 0.785. The SMILES string of the molecule is CCOCCC1(C(=O)NCc2cc(C#N)ccc2F)CCCC1. The number of nitriles is 1. The van der Waals surface area contributed by atoms with Crippen molar-refractivity contribution in [1.29, 1.82) is 5.26 Å². The van der Waals surface area contributed by atoms with Gasteiger partial charge in [0, 0.05) is 25.3 Å². The molecule has 0 atom stereocenters. The van der Waals surface area contributed by atoms with Gasteiger partial charge < -0.3 is 10.1 Å². The van der Waals surface area contributed by atoms with Crippen LogP contribution in [-0.2, 0) is 16.1 Å². The third-order valence-corrected chi connectivity index (χ3v) is 4.59. The van der Waals surface area contributed by atoms with Crippen molar-refractivity contribution in [2.75, 3.05) is 13.2 Å². The van der Waals surface area contributed by atoms with Crippen LogP contribution in [0.4, 0.5) is 4.39 Å². The van der Waals surface area contributed by atoms with Crippen LogP contribution in [0.15, 0.2) is 18.2 Å². The number of hydrogen-bond donors (Lipinski definition) is 1. The van der Waals surface area contributed by atoms with Crippen LogP contribution in [0.2, 0.25) is 0 Å². The Balaban J connectivity index is 2.01. The molecule has 0 unspecified atom stereocenters. The van der Waals surface area contributed by atoms with E-state index in [0.29, 0.717) is 30.8 Å². The number of carbonyl (C=O) groups is 1. The Bertz CT molecular complexity index is 589. The van der Waals surface area contributed by atoms with Crippen LogP contribution in [0.3, 0.4) is 0 Å². The van der Waals surface area contributed by atoms with Crippen LogP contribution in [0.5, 0.6) is 0 Å². The van der Waals surface area contributed by atoms with Crippen LogP contribution in [0.25, 0.3) is 0 Å². The molecule has 1 aromatic rings. The van der Waals surface area contributed by atoms with Gasteiger partial charge in [-0.1, -0.05) is 12.8 Å². The van der Waals surface area contributed by atoms with Crippen LogP contribution in [0.1, 0.15) is 50.2 Å². The molecule has 5 heteroatoms. The number of nitrogens with zero attached hydrogens (tertiary/aromatic N) is 1. The minimum absolute atomic E-state index is 0.0311. The molecule has 1 aromatic carbocycles. The Hall–Kier alpha value is -1.93. The molecule has 0 aromatic heterocycles. The second-order valence-electron chi connectivity index (χ2n) is 6.04. The predicted molar refractivity (Wildman–Crippen MR) is 85.0 cm³/mol. The van der Waals surface area contributed by atoms with E-state index in [0.717, 1.165) is 25.7 Å². The minimum Gasteiger partial charge on any atom is -0.382 e. The van der Waals surface area contributed by atoms with Crippen LogP contribution < -0.4 is 5.32 Å². The van der Waals surface area contributed by atoms with E-state index in [-0.39, 0.29) is 12.5 Å². The average Bonchev–Trinajstić information content (AvgIpc) is 3.04. The molecule has 4 nitrogen and oxygen atoms in total. The summed E-state index contributed by atoms with van der Waals surface area (Å²) in [5.41, 5.74) is 0.344. The van der Waals surface area contributed by atoms with E-state index in [1.54, 1.807) is 0 Å². The fourth-order valence-electron chi connectivity index (χ4n) is 3.20. The normalized spacial score (nSPS) is 16.0. The highest BCUT2D eigenvalue weighted by atomic mass is 19.1. The Labute approximate surface area is 136 Å². The summed E-state index contributed by atoms with van der Waals surface area (Å²) in [6, 6.07) is 6.16. The molecule has 124 valence electrons. The number of nitrogens with one attached hydrogen (secondary N) is 1. The molecule has 1 fully saturated rings. The van der Waals surface area contributed by atoms with Gasteiger partial charge in [-0.3, -0.25) is 4.79 Å². The number of amides is 1. The monoisotopic (exact) mass is 318 g/mol. The predicted octanol–water partition coefficient (Wildman–Crippen LogP) is 3.30. The molecule has 0 bridgehead atoms. The van der Waals surface area contributed by atoms with Gasteiger partial charge in [-0.25, -0.2) is 4.39 Å². The summed E-state index contributed by atoms with van der Waals surface area (Å²) < 4.78 is 19.2. The number of halogens is 1. The third-order valence-electron chi connectivity index (χ3n) is 4.59. The molecular weight excluding hydrogens is 295 g/mol. The number of rotatable bonds is 7. The van der Waals surface area contributed by atoms with E-state index in [1.165, 1.54) is 18.2 Å². The molecular formula is C18H23FN2O2. The van der Waals surface area contributed by atoms with Crippen molar-refractivity contribution < 1.29 is 13.9 Å². The molecule has 0 spiro atoms. The second-order valence-corrected chi connectivity index (χ2v) is 6.04. The van der Waals surface area contributed by atoms with Gasteiger partial charge in [0.2, 0.25) is 5.91 Å². The molecule has 0 aliphatic heterocycles. The summed E-state index contributed by atoms with van der Waals surface area (Å²) in [7, 11) is 0. The Morgan fingerprint density at radius 3 is 2.83 bits per heavy atom. The number of hydrogen-bond acceptors (Lipinski definition) is 3. The lowest BCUT2D eigenvalue weighted by Crippen LogP contribution is -2.39. The minimum atomic E-state index is -0.404. The van der Waals surface area contributed by atoms with Crippen molar-refractivity contribution in [3.05, 3.63) is 35.1 Å². The number of ether oxygens (including phenoxy) is 1. The van der Waals surface area contributed by atoms with E-state index >= 15 is 0 Å². The molecule has 1 aliphatic carbocycles. The van der Waals surface area contributed by atoms with Gasteiger partial charge in [-0.2, -0.15) is 5.26 Å². The third kappa shape index (κ3) is 4.29. The van der Waals surface area contributed by atoms with Gasteiger partial charge in [0.1, 0.15) is 5.82 Å². The largest absolute Gasteiger partial charge is 0.382 e. The molecule has 23 heavy (non-hydrogen) atoms. The lowest BCUT2D eigenvalue weighted by atomic mass is 9.82. The van der Waals surface area contributed by atoms with Gasteiger partial charge in [0.25, 0.3) is 0 Å². The van der Waals surface area contributed by atoms with Crippen molar-refractivity contribution in [2.45, 2.75) is 45.6 Å². The average molecular weight is 318 g/mol. The van der Waals surface area contributed by atoms with Crippen LogP contribution in [-0.4, -0.2) is 19.1 Å². The van der Waals surface area contributed by atoms with E-state index < -0.39 is 11.2 Å². The summed E-state index contributed by atoms with van der Waals surface area (Å²) >= 11 is 0. The first-order chi connectivity index (χ1) is 11.1. The zero-order chi connectivity index (χ0) is 16.7. The summed E-state index contributed by atoms with van der Waals surface area (Å²) in [6.07, 6.45) is 4.49. The maximum Gasteiger partial charge on any atom is 0.226 e. The smallest absolute Gasteiger partial charge is 0.226 e. The van der Waals surface area contributed by atoms with Crippen molar-refractivity contribution in [1.82, 2.24) is 5.32 Å². The number of benzene rings is 1. The van der Waals surface area contributed by atoms with Gasteiger partial charge in [-0.15, -0.1) is 0 Å². The molecule has 1 amide bonds. The molecule has 1 saturated carbocycles. The van der Waals surface area contributed by atoms with Gasteiger partial charge in [-0.05, 0) is 44.4 Å². The molecule has 1 aliphatic rings. The first-order valence-corrected chi connectivity index (χ1v) is 8.16. The van der Waals surface area contributed by atoms with Crippen LogP contribution in [0, 0.1) is 22.6 Å². The van der Waals surface area contributed by atoms with E-state index in [1.807, 2.05) is 13.0 Å². The Morgan fingerprint density at radius 1 is 1.43 bits per heavy atom. The van der Waals surface area contributed by atoms with Gasteiger partial charge in [0.15, 0.2) is 0 Å². The molecule has 1 N–H and O–H groups in total. The highest BCUT2D eigenvalue weighted by Gasteiger charge is 2.40. The maximum absolute atomic E-state index is 13.8. The second kappa shape index (κ2) is 8.07. The van der Waals surface area contributed by atoms with Crippen molar-refractivity contribution in [3.63, 3.8) is 0 Å². The fourth-order valence-corrected chi connectivity index (χ4v) is 3.20. The Kier molecular flexibility index (Phi) is 6.12. The van der Waals surface area contributed by atoms with E-state index in [2.05, 4.69) is 5.32 Å². The van der Waals surface area contributed by atoms with E-state index in [4.69, 9.17) is 10.00 Å². The standard InChI is InChI=1S/C18H23FN2O2/c1-2-23-10-9-18(7-3-4-8-18)17(22)21-13-15-11-14(12-20)5-6-16(15)19/h5-6,11H,2-4,7-10,13H2,1H3,(H,21,22). The highest BCUT2D eigenvalue weighted by Crippen LogP contribution is 2.41. The van der Waals surface area contributed by atoms with Crippen molar-refractivity contribution in [2.24, 2.45) is 5.41 Å². The first-order valence-electron chi connectivity index (χ1n) is 8.16. The van der Waals surface area contributed by atoms with Gasteiger partial charge in [0.05, 0.1) is 17.0 Å². The lowest BCUT2D eigenvalue weighted by Gasteiger charge is -2.27. The fraction of sp³-hybridized carbons (Fsp3) is 0.556. The molecule has 0 radical (unpaired) electrons. The summed E-state index contributed by atoms with van der Waals surface area (Å²) in [4.78, 5) is 12.6. The zero-order valence-corrected chi connectivity index (χ0v) is 13.5. The van der Waals surface area contributed by atoms with Gasteiger partial charge >= 0.3 is 0 Å². The molecule has 2 rings (SSSR count). The van der Waals surface area contributed by atoms with Crippen LogP contribution >= 0.6 is 0 Å². The Morgan fingerprint density at radius 2 is 2.17 bits per heavy atom. The number of carbonyl (C=O) groups excluding carboxylic acids is 1. The topological polar surface area (TPSA) is 62.1 Å². The molecule has 0 saturated heterocycles. The van der Waals surface area contributed by atoms with Crippen molar-refractivity contribution in [3.8, 4) is 6.07 Å². The lowest BCUT2D eigenvalue weighted by molar-refractivity contribution is -0.132. The summed E-state index contributed by atoms with van der Waals surface area (Å²) in [6.45, 7) is 3.26. The highest BCUT2D eigenvalue weighted by molar-refractivity contribution is 5.82. The maximum atomic E-state index is 13.8. The summed E-state index contributed by atoms with van der Waals surface area (Å²) in [5.74, 6) is -0.435. The summed E-state index contributed by atoms with van der Waals surface area (Å²) in [5, 5.41) is 11.7. The van der Waals surface area contributed by atoms with E-state index in [9.17, 15) is 9.18 Å².